The third-order valence-corrected chi connectivity index (χ3v) is 1.39. The largest absolute Gasteiger partial charge is 0.480 e. The van der Waals surface area contributed by atoms with Crippen molar-refractivity contribution in [3.63, 3.8) is 0 Å². The SMILES string of the molecule is CCCCNCC(=O)O.c1c[nH]cn1. The molecule has 0 aromatic carbocycles. The van der Waals surface area contributed by atoms with Crippen molar-refractivity contribution in [1.82, 2.24) is 15.3 Å². The highest BCUT2D eigenvalue weighted by molar-refractivity contribution is 5.68. The number of rotatable bonds is 5. The van der Waals surface area contributed by atoms with E-state index in [1.54, 1.807) is 18.7 Å². The number of unbranched alkanes of at least 4 members (excludes halogenated alkanes) is 1. The van der Waals surface area contributed by atoms with E-state index in [-0.39, 0.29) is 6.54 Å². The number of nitrogens with one attached hydrogen (secondary N) is 2. The maximum Gasteiger partial charge on any atom is 0.317 e. The molecular weight excluding hydrogens is 182 g/mol. The lowest BCUT2D eigenvalue weighted by molar-refractivity contribution is -0.135. The Hall–Kier alpha value is -1.36. The second-order valence-electron chi connectivity index (χ2n) is 2.68. The molecule has 5 nitrogen and oxygen atoms in total. The zero-order chi connectivity index (χ0) is 10.6. The van der Waals surface area contributed by atoms with Gasteiger partial charge in [-0.3, -0.25) is 4.79 Å². The number of carboxylic acids is 1. The van der Waals surface area contributed by atoms with Crippen LogP contribution in [0.3, 0.4) is 0 Å². The number of H-pyrrole nitrogens is 1. The molecule has 1 aromatic rings. The number of hydrogen-bond acceptors (Lipinski definition) is 3. The summed E-state index contributed by atoms with van der Waals surface area (Å²) in [6.45, 7) is 2.96. The highest BCUT2D eigenvalue weighted by Crippen LogP contribution is 1.80. The topological polar surface area (TPSA) is 78.0 Å². The van der Waals surface area contributed by atoms with Gasteiger partial charge in [0.15, 0.2) is 0 Å². The summed E-state index contributed by atoms with van der Waals surface area (Å²) in [5.74, 6) is -0.786. The normalized spacial score (nSPS) is 8.93. The molecule has 5 heteroatoms. The van der Waals surface area contributed by atoms with E-state index in [1.807, 2.05) is 0 Å². The van der Waals surface area contributed by atoms with E-state index >= 15 is 0 Å². The van der Waals surface area contributed by atoms with Crippen LogP contribution in [0.25, 0.3) is 0 Å². The monoisotopic (exact) mass is 199 g/mol. The summed E-state index contributed by atoms with van der Waals surface area (Å²) < 4.78 is 0. The number of aromatic nitrogens is 2. The van der Waals surface area contributed by atoms with Gasteiger partial charge in [0, 0.05) is 12.4 Å². The van der Waals surface area contributed by atoms with Gasteiger partial charge in [-0.1, -0.05) is 13.3 Å². The molecule has 1 aromatic heterocycles. The maximum absolute atomic E-state index is 9.90. The first-order valence-electron chi connectivity index (χ1n) is 4.62. The van der Waals surface area contributed by atoms with Gasteiger partial charge in [0.2, 0.25) is 0 Å². The number of carbonyl (C=O) groups is 1. The molecule has 0 aliphatic heterocycles. The summed E-state index contributed by atoms with van der Waals surface area (Å²) in [7, 11) is 0. The first-order valence-corrected chi connectivity index (χ1v) is 4.62. The number of aromatic amines is 1. The first kappa shape index (κ1) is 12.6. The fourth-order valence-corrected chi connectivity index (χ4v) is 0.712. The van der Waals surface area contributed by atoms with Gasteiger partial charge in [-0.2, -0.15) is 0 Å². The Morgan fingerprint density at radius 3 is 2.79 bits per heavy atom. The third-order valence-electron chi connectivity index (χ3n) is 1.39. The second-order valence-corrected chi connectivity index (χ2v) is 2.68. The van der Waals surface area contributed by atoms with E-state index in [4.69, 9.17) is 5.11 Å². The standard InChI is InChI=1S/C6H13NO2.C3H4N2/c1-2-3-4-7-5-6(8)9;1-2-5-3-4-1/h7H,2-5H2,1H3,(H,8,9);1-3H,(H,4,5). The molecule has 0 aliphatic rings. The highest BCUT2D eigenvalue weighted by atomic mass is 16.4. The number of nitrogens with zero attached hydrogens (tertiary/aromatic N) is 1. The van der Waals surface area contributed by atoms with Gasteiger partial charge in [0.25, 0.3) is 0 Å². The van der Waals surface area contributed by atoms with Crippen LogP contribution in [-0.2, 0) is 4.79 Å². The van der Waals surface area contributed by atoms with Gasteiger partial charge >= 0.3 is 5.97 Å². The van der Waals surface area contributed by atoms with Crippen LogP contribution in [-0.4, -0.2) is 34.1 Å². The number of carboxylic acid groups (broad SMARTS) is 1. The summed E-state index contributed by atoms with van der Waals surface area (Å²) in [6, 6.07) is 0. The first-order chi connectivity index (χ1) is 6.77. The van der Waals surface area contributed by atoms with E-state index in [0.29, 0.717) is 0 Å². The van der Waals surface area contributed by atoms with Gasteiger partial charge in [-0.15, -0.1) is 0 Å². The molecule has 0 unspecified atom stereocenters. The van der Waals surface area contributed by atoms with E-state index < -0.39 is 5.97 Å². The van der Waals surface area contributed by atoms with Crippen molar-refractivity contribution in [1.29, 1.82) is 0 Å². The molecule has 0 radical (unpaired) electrons. The van der Waals surface area contributed by atoms with Gasteiger partial charge < -0.3 is 15.4 Å². The molecule has 80 valence electrons. The van der Waals surface area contributed by atoms with Crippen molar-refractivity contribution in [3.05, 3.63) is 18.7 Å². The van der Waals surface area contributed by atoms with Crippen LogP contribution in [0.2, 0.25) is 0 Å². The molecular formula is C9H17N3O2. The van der Waals surface area contributed by atoms with E-state index in [2.05, 4.69) is 22.2 Å². The fraction of sp³-hybridized carbons (Fsp3) is 0.556. The van der Waals surface area contributed by atoms with Gasteiger partial charge in [0.1, 0.15) is 0 Å². The fourth-order valence-electron chi connectivity index (χ4n) is 0.712. The van der Waals surface area contributed by atoms with Crippen molar-refractivity contribution >= 4 is 5.97 Å². The zero-order valence-corrected chi connectivity index (χ0v) is 8.36. The number of hydrogen-bond donors (Lipinski definition) is 3. The summed E-state index contributed by atoms with van der Waals surface area (Å²) in [6.07, 6.45) is 7.24. The summed E-state index contributed by atoms with van der Waals surface area (Å²) >= 11 is 0. The lowest BCUT2D eigenvalue weighted by Crippen LogP contribution is -2.23. The van der Waals surface area contributed by atoms with Crippen LogP contribution < -0.4 is 5.32 Å². The van der Waals surface area contributed by atoms with Crippen LogP contribution >= 0.6 is 0 Å². The maximum atomic E-state index is 9.90. The quantitative estimate of drug-likeness (QED) is 0.615. The minimum atomic E-state index is -0.786. The lowest BCUT2D eigenvalue weighted by Gasteiger charge is -1.96. The predicted octanol–water partition coefficient (Wildman–Crippen LogP) is 0.870. The van der Waals surface area contributed by atoms with Crippen molar-refractivity contribution < 1.29 is 9.90 Å². The van der Waals surface area contributed by atoms with E-state index in [0.717, 1.165) is 19.4 Å². The molecule has 0 bridgehead atoms. The molecule has 3 N–H and O–H groups in total. The average Bonchev–Trinajstić information content (AvgIpc) is 2.70. The van der Waals surface area contributed by atoms with Crippen LogP contribution in [0, 0.1) is 0 Å². The van der Waals surface area contributed by atoms with Crippen LogP contribution in [0.5, 0.6) is 0 Å². The minimum Gasteiger partial charge on any atom is -0.480 e. The second kappa shape index (κ2) is 9.73. The van der Waals surface area contributed by atoms with Crippen molar-refractivity contribution in [3.8, 4) is 0 Å². The Morgan fingerprint density at radius 2 is 2.43 bits per heavy atom. The van der Waals surface area contributed by atoms with Gasteiger partial charge in [0.05, 0.1) is 12.9 Å². The van der Waals surface area contributed by atoms with Crippen LogP contribution in [0.1, 0.15) is 19.8 Å². The Kier molecular flexibility index (Phi) is 8.78. The van der Waals surface area contributed by atoms with E-state index in [1.165, 1.54) is 0 Å². The molecule has 0 saturated carbocycles. The van der Waals surface area contributed by atoms with Gasteiger partial charge in [-0.05, 0) is 13.0 Å². The van der Waals surface area contributed by atoms with Crippen molar-refractivity contribution in [2.75, 3.05) is 13.1 Å². The molecule has 0 atom stereocenters. The van der Waals surface area contributed by atoms with Gasteiger partial charge in [-0.25, -0.2) is 4.98 Å². The average molecular weight is 199 g/mol. The zero-order valence-electron chi connectivity index (χ0n) is 8.36. The number of aliphatic carboxylic acids is 1. The molecule has 1 heterocycles. The Labute approximate surface area is 83.6 Å². The Morgan fingerprint density at radius 1 is 1.64 bits per heavy atom. The minimum absolute atomic E-state index is 0.0833. The molecule has 0 saturated heterocycles. The van der Waals surface area contributed by atoms with Crippen LogP contribution in [0.4, 0.5) is 0 Å². The molecule has 1 rings (SSSR count). The van der Waals surface area contributed by atoms with Crippen LogP contribution in [0.15, 0.2) is 18.7 Å². The third kappa shape index (κ3) is 10.6. The highest BCUT2D eigenvalue weighted by Gasteiger charge is 1.91. The summed E-state index contributed by atoms with van der Waals surface area (Å²) in [5, 5.41) is 10.9. The van der Waals surface area contributed by atoms with Crippen molar-refractivity contribution in [2.24, 2.45) is 0 Å². The van der Waals surface area contributed by atoms with E-state index in [9.17, 15) is 4.79 Å². The molecule has 14 heavy (non-hydrogen) atoms. The smallest absolute Gasteiger partial charge is 0.317 e. The summed E-state index contributed by atoms with van der Waals surface area (Å²) in [5.41, 5.74) is 0. The number of imidazole rings is 1. The van der Waals surface area contributed by atoms with Crippen molar-refractivity contribution in [2.45, 2.75) is 19.8 Å². The Balaban J connectivity index is 0.000000280. The predicted molar refractivity (Wildman–Crippen MR) is 54.0 cm³/mol. The summed E-state index contributed by atoms with van der Waals surface area (Å²) in [4.78, 5) is 16.3. The molecule has 0 amide bonds. The molecule has 0 fully saturated rings. The lowest BCUT2D eigenvalue weighted by atomic mass is 10.3. The molecule has 0 aliphatic carbocycles. The molecule has 0 spiro atoms. The Bertz CT molecular complexity index is 195.